The van der Waals surface area contributed by atoms with E-state index in [4.69, 9.17) is 9.47 Å². The molecule has 3 nitrogen and oxygen atoms in total. The van der Waals surface area contributed by atoms with Crippen molar-refractivity contribution in [1.29, 1.82) is 0 Å². The number of likely N-dealkylation sites (N-methyl/N-ethyl adjacent to an activating group) is 1. The van der Waals surface area contributed by atoms with Gasteiger partial charge in [0.25, 0.3) is 0 Å². The molecular formula is C15H15FNO2Y-. The summed E-state index contributed by atoms with van der Waals surface area (Å²) >= 11 is 0. The zero-order valence-corrected chi connectivity index (χ0v) is 14.4. The van der Waals surface area contributed by atoms with Crippen LogP contribution >= 0.6 is 0 Å². The number of allylic oxidation sites excluding steroid dienone is 3. The summed E-state index contributed by atoms with van der Waals surface area (Å²) in [5.41, 5.74) is 1.88. The van der Waals surface area contributed by atoms with E-state index < -0.39 is 0 Å². The van der Waals surface area contributed by atoms with E-state index >= 15 is 0 Å². The number of ether oxygens (including phenoxy) is 2. The number of benzene rings is 1. The number of nitrogens with zero attached hydrogens (tertiary/aromatic N) is 1. The Morgan fingerprint density at radius 3 is 2.80 bits per heavy atom. The van der Waals surface area contributed by atoms with E-state index in [9.17, 15) is 4.39 Å². The molecule has 1 aliphatic rings. The minimum atomic E-state index is -0.369. The Hall–Kier alpha value is -0.966. The average Bonchev–Trinajstić information content (AvgIpc) is 2.40. The van der Waals surface area contributed by atoms with E-state index in [-0.39, 0.29) is 45.3 Å². The second-order valence-electron chi connectivity index (χ2n) is 4.07. The molecule has 2 rings (SSSR count). The molecule has 0 unspecified atom stereocenters. The zero-order valence-electron chi connectivity index (χ0n) is 11.5. The van der Waals surface area contributed by atoms with Crippen molar-refractivity contribution in [2.24, 2.45) is 0 Å². The Labute approximate surface area is 143 Å². The van der Waals surface area contributed by atoms with Crippen LogP contribution in [-0.2, 0) is 37.4 Å². The topological polar surface area (TPSA) is 21.7 Å². The van der Waals surface area contributed by atoms with Crippen molar-refractivity contribution in [3.8, 4) is 5.75 Å². The summed E-state index contributed by atoms with van der Waals surface area (Å²) in [6.45, 7) is 3.96. The van der Waals surface area contributed by atoms with Crippen molar-refractivity contribution in [2.45, 2.75) is 0 Å². The molecule has 103 valence electrons. The van der Waals surface area contributed by atoms with Crippen molar-refractivity contribution in [3.05, 3.63) is 60.1 Å². The molecule has 1 radical (unpaired) electrons. The fourth-order valence-corrected chi connectivity index (χ4v) is 1.73. The maximum absolute atomic E-state index is 14.1. The van der Waals surface area contributed by atoms with Gasteiger partial charge >= 0.3 is 0 Å². The van der Waals surface area contributed by atoms with Crippen LogP contribution in [0.4, 0.5) is 4.39 Å². The second-order valence-corrected chi connectivity index (χ2v) is 4.07. The zero-order chi connectivity index (χ0) is 13.8. The summed E-state index contributed by atoms with van der Waals surface area (Å²) in [6.07, 6.45) is 6.56. The molecule has 0 saturated heterocycles. The quantitative estimate of drug-likeness (QED) is 0.616. The maximum atomic E-state index is 14.1. The molecule has 0 amide bonds. The van der Waals surface area contributed by atoms with E-state index in [1.54, 1.807) is 23.1 Å². The third kappa shape index (κ3) is 3.78. The van der Waals surface area contributed by atoms with Crippen LogP contribution in [0.3, 0.4) is 0 Å². The minimum absolute atomic E-state index is 0. The predicted molar refractivity (Wildman–Crippen MR) is 71.6 cm³/mol. The van der Waals surface area contributed by atoms with Gasteiger partial charge in [0.05, 0.1) is 5.82 Å². The maximum Gasteiger partial charge on any atom is 0.188 e. The predicted octanol–water partition coefficient (Wildman–Crippen LogP) is 2.97. The van der Waals surface area contributed by atoms with Crippen LogP contribution in [0.1, 0.15) is 5.56 Å². The number of methoxy groups -OCH3 is 1. The standard InChI is InChI=1S/C15H15FNO2.Y/c1-11-5-4-6-15(17(11)2)13-8-7-12(9-14(13)16)19-10-18-3;/h4-5,7-9H,1,10H2,2-3H3;/q-1;. The van der Waals surface area contributed by atoms with Crippen molar-refractivity contribution >= 4 is 5.70 Å². The fourth-order valence-electron chi connectivity index (χ4n) is 1.73. The van der Waals surface area contributed by atoms with Crippen LogP contribution in [0.15, 0.2) is 42.6 Å². The summed E-state index contributed by atoms with van der Waals surface area (Å²) in [5, 5.41) is 0. The smallest absolute Gasteiger partial charge is 0.188 e. The van der Waals surface area contributed by atoms with E-state index in [1.807, 2.05) is 13.1 Å². The Bertz CT molecular complexity index is 555. The van der Waals surface area contributed by atoms with Gasteiger partial charge in [0.1, 0.15) is 5.75 Å². The van der Waals surface area contributed by atoms with E-state index in [1.165, 1.54) is 13.2 Å². The van der Waals surface area contributed by atoms with E-state index in [2.05, 4.69) is 12.7 Å². The Morgan fingerprint density at radius 2 is 2.15 bits per heavy atom. The van der Waals surface area contributed by atoms with Gasteiger partial charge in [-0.2, -0.15) is 12.2 Å². The molecule has 0 atom stereocenters. The Kier molecular flexibility index (Phi) is 6.60. The molecule has 0 spiro atoms. The van der Waals surface area contributed by atoms with E-state index in [0.29, 0.717) is 17.0 Å². The minimum Gasteiger partial charge on any atom is -0.468 e. The summed E-state index contributed by atoms with van der Waals surface area (Å²) < 4.78 is 24.1. The second kappa shape index (κ2) is 7.72. The average molecular weight is 349 g/mol. The van der Waals surface area contributed by atoms with Gasteiger partial charge in [0.15, 0.2) is 6.79 Å². The number of rotatable bonds is 4. The molecule has 5 heteroatoms. The molecule has 1 heterocycles. The van der Waals surface area contributed by atoms with Crippen LogP contribution in [0, 0.1) is 11.9 Å². The molecule has 0 N–H and O–H groups in total. The van der Waals surface area contributed by atoms with Crippen LogP contribution in [-0.4, -0.2) is 25.9 Å². The summed E-state index contributed by atoms with van der Waals surface area (Å²) in [6, 6.07) is 4.69. The molecular weight excluding hydrogens is 334 g/mol. The molecule has 0 saturated carbocycles. The first-order valence-electron chi connectivity index (χ1n) is 5.78. The van der Waals surface area contributed by atoms with Crippen molar-refractivity contribution in [1.82, 2.24) is 4.90 Å². The fraction of sp³-hybridized carbons (Fsp3) is 0.200. The third-order valence-electron chi connectivity index (χ3n) is 2.80. The van der Waals surface area contributed by atoms with Gasteiger partial charge in [-0.15, -0.1) is 12.1 Å². The Balaban J connectivity index is 0.00000200. The number of hydrogen-bond donors (Lipinski definition) is 0. The van der Waals surface area contributed by atoms with Crippen molar-refractivity contribution in [3.63, 3.8) is 0 Å². The van der Waals surface area contributed by atoms with Gasteiger partial charge < -0.3 is 14.4 Å². The SMILES string of the molecule is C=C1C=C[C-]=C(c2ccc(OCOC)cc2F)N1C.[Y]. The Morgan fingerprint density at radius 1 is 1.40 bits per heavy atom. The molecule has 0 bridgehead atoms. The van der Waals surface area contributed by atoms with Gasteiger partial charge in [-0.25, -0.2) is 4.39 Å². The normalized spacial score (nSPS) is 13.8. The monoisotopic (exact) mass is 349 g/mol. The van der Waals surface area contributed by atoms with Gasteiger partial charge in [-0.1, -0.05) is 17.8 Å². The first kappa shape index (κ1) is 17.1. The number of halogens is 1. The largest absolute Gasteiger partial charge is 0.468 e. The molecule has 0 aliphatic carbocycles. The summed E-state index contributed by atoms with van der Waals surface area (Å²) in [4.78, 5) is 1.79. The molecule has 1 aromatic rings. The molecule has 0 fully saturated rings. The first-order valence-corrected chi connectivity index (χ1v) is 5.78. The van der Waals surface area contributed by atoms with Crippen molar-refractivity contribution < 1.29 is 46.6 Å². The van der Waals surface area contributed by atoms with Crippen LogP contribution in [0.5, 0.6) is 5.75 Å². The van der Waals surface area contributed by atoms with Gasteiger partial charge in [-0.3, -0.25) is 0 Å². The van der Waals surface area contributed by atoms with Gasteiger partial charge in [0.2, 0.25) is 0 Å². The van der Waals surface area contributed by atoms with E-state index in [0.717, 1.165) is 5.70 Å². The number of hydrogen-bond acceptors (Lipinski definition) is 3. The van der Waals surface area contributed by atoms with Crippen molar-refractivity contribution in [2.75, 3.05) is 21.0 Å². The summed E-state index contributed by atoms with van der Waals surface area (Å²) in [5.74, 6) is 0.0579. The molecule has 1 aromatic carbocycles. The molecule has 0 aromatic heterocycles. The first-order chi connectivity index (χ1) is 9.13. The molecule has 20 heavy (non-hydrogen) atoms. The summed E-state index contributed by atoms with van der Waals surface area (Å²) in [7, 11) is 3.34. The van der Waals surface area contributed by atoms with Gasteiger partial charge in [0, 0.05) is 52.9 Å². The van der Waals surface area contributed by atoms with Crippen LogP contribution in [0.25, 0.3) is 5.70 Å². The van der Waals surface area contributed by atoms with Gasteiger partial charge in [-0.05, 0) is 11.8 Å². The van der Waals surface area contributed by atoms with Crippen LogP contribution < -0.4 is 4.74 Å². The third-order valence-corrected chi connectivity index (χ3v) is 2.80. The van der Waals surface area contributed by atoms with Crippen LogP contribution in [0.2, 0.25) is 0 Å². The molecule has 1 aliphatic heterocycles.